The molecule has 0 radical (unpaired) electrons. The van der Waals surface area contributed by atoms with Gasteiger partial charge in [0.15, 0.2) is 0 Å². The van der Waals surface area contributed by atoms with Crippen molar-refractivity contribution in [2.45, 2.75) is 20.8 Å². The van der Waals surface area contributed by atoms with Gasteiger partial charge in [0.2, 0.25) is 0 Å². The zero-order valence-electron chi connectivity index (χ0n) is 16.8. The lowest BCUT2D eigenvalue weighted by atomic mass is 10.1. The molecule has 3 rings (SSSR count). The molecule has 0 bridgehead atoms. The van der Waals surface area contributed by atoms with Gasteiger partial charge in [0.1, 0.15) is 10.6 Å². The van der Waals surface area contributed by atoms with E-state index < -0.39 is 0 Å². The third-order valence-electron chi connectivity index (χ3n) is 4.53. The molecular formula is C21H23N3O3S. The number of nitrogens with zero attached hydrogens (tertiary/aromatic N) is 2. The molecule has 0 aliphatic rings. The van der Waals surface area contributed by atoms with Crippen LogP contribution in [-0.4, -0.2) is 42.9 Å². The number of anilines is 1. The van der Waals surface area contributed by atoms with E-state index in [9.17, 15) is 9.59 Å². The molecule has 0 aliphatic heterocycles. The minimum Gasteiger partial charge on any atom is -0.495 e. The number of thiophene rings is 1. The van der Waals surface area contributed by atoms with Crippen LogP contribution in [0.4, 0.5) is 5.69 Å². The second-order valence-corrected chi connectivity index (χ2v) is 7.88. The molecule has 6 nitrogen and oxygen atoms in total. The Bertz CT molecular complexity index is 1090. The largest absolute Gasteiger partial charge is 0.495 e. The third-order valence-corrected chi connectivity index (χ3v) is 5.72. The van der Waals surface area contributed by atoms with Crippen LogP contribution < -0.4 is 10.1 Å². The number of pyridine rings is 1. The highest BCUT2D eigenvalue weighted by Crippen LogP contribution is 2.34. The van der Waals surface area contributed by atoms with Gasteiger partial charge in [-0.3, -0.25) is 9.59 Å². The van der Waals surface area contributed by atoms with Gasteiger partial charge in [-0.25, -0.2) is 4.98 Å². The number of hydrogen-bond acceptors (Lipinski definition) is 5. The number of benzene rings is 1. The van der Waals surface area contributed by atoms with Crippen molar-refractivity contribution in [3.05, 3.63) is 51.5 Å². The molecule has 0 saturated carbocycles. The van der Waals surface area contributed by atoms with E-state index >= 15 is 0 Å². The average molecular weight is 398 g/mol. The minimum atomic E-state index is -0.245. The van der Waals surface area contributed by atoms with Crippen LogP contribution in [0.2, 0.25) is 0 Å². The fourth-order valence-corrected chi connectivity index (χ4v) is 4.41. The Morgan fingerprint density at radius 3 is 2.50 bits per heavy atom. The van der Waals surface area contributed by atoms with Gasteiger partial charge in [0.05, 0.1) is 17.7 Å². The predicted molar refractivity (Wildman–Crippen MR) is 113 cm³/mol. The van der Waals surface area contributed by atoms with Crippen LogP contribution in [0, 0.1) is 20.8 Å². The first-order valence-corrected chi connectivity index (χ1v) is 9.63. The summed E-state index contributed by atoms with van der Waals surface area (Å²) >= 11 is 1.37. The smallest absolute Gasteiger partial charge is 0.266 e. The molecule has 3 aromatic rings. The molecule has 2 heterocycles. The van der Waals surface area contributed by atoms with E-state index in [1.165, 1.54) is 23.3 Å². The molecular weight excluding hydrogens is 374 g/mol. The Labute approximate surface area is 168 Å². The van der Waals surface area contributed by atoms with Gasteiger partial charge in [0, 0.05) is 30.7 Å². The molecule has 2 aromatic heterocycles. The van der Waals surface area contributed by atoms with Crippen LogP contribution in [0.1, 0.15) is 36.9 Å². The number of rotatable bonds is 4. The number of carbonyl (C=O) groups excluding carboxylic acids is 2. The van der Waals surface area contributed by atoms with Crippen molar-refractivity contribution in [2.75, 3.05) is 26.5 Å². The number of amides is 2. The normalized spacial score (nSPS) is 10.8. The maximum absolute atomic E-state index is 13.0. The van der Waals surface area contributed by atoms with Crippen molar-refractivity contribution in [3.8, 4) is 5.75 Å². The van der Waals surface area contributed by atoms with Crippen LogP contribution in [-0.2, 0) is 0 Å². The summed E-state index contributed by atoms with van der Waals surface area (Å²) in [5.74, 6) is 0.101. The van der Waals surface area contributed by atoms with Crippen molar-refractivity contribution in [3.63, 3.8) is 0 Å². The second kappa shape index (κ2) is 7.59. The van der Waals surface area contributed by atoms with Gasteiger partial charge < -0.3 is 15.0 Å². The summed E-state index contributed by atoms with van der Waals surface area (Å²) in [4.78, 5) is 32.8. The fraction of sp³-hybridized carbons (Fsp3) is 0.286. The topological polar surface area (TPSA) is 71.5 Å². The third kappa shape index (κ3) is 3.57. The van der Waals surface area contributed by atoms with Crippen LogP contribution in [0.25, 0.3) is 10.2 Å². The molecule has 0 fully saturated rings. The lowest BCUT2D eigenvalue weighted by Gasteiger charge is -2.14. The van der Waals surface area contributed by atoms with Gasteiger partial charge in [0.25, 0.3) is 11.8 Å². The van der Waals surface area contributed by atoms with Crippen molar-refractivity contribution in [1.29, 1.82) is 0 Å². The zero-order valence-corrected chi connectivity index (χ0v) is 17.7. The predicted octanol–water partition coefficient (Wildman–Crippen LogP) is 4.18. The van der Waals surface area contributed by atoms with E-state index in [1.807, 2.05) is 26.8 Å². The second-order valence-electron chi connectivity index (χ2n) is 6.89. The molecule has 28 heavy (non-hydrogen) atoms. The molecule has 1 aromatic carbocycles. The number of hydrogen-bond donors (Lipinski definition) is 1. The van der Waals surface area contributed by atoms with E-state index in [0.717, 1.165) is 27.0 Å². The average Bonchev–Trinajstić information content (AvgIpc) is 2.97. The highest BCUT2D eigenvalue weighted by atomic mass is 32.1. The summed E-state index contributed by atoms with van der Waals surface area (Å²) in [6.45, 7) is 5.90. The first kappa shape index (κ1) is 19.8. The lowest BCUT2D eigenvalue weighted by Crippen LogP contribution is -2.22. The van der Waals surface area contributed by atoms with Crippen molar-refractivity contribution < 1.29 is 14.3 Å². The van der Waals surface area contributed by atoms with Crippen molar-refractivity contribution in [2.24, 2.45) is 0 Å². The van der Waals surface area contributed by atoms with E-state index in [4.69, 9.17) is 4.74 Å². The summed E-state index contributed by atoms with van der Waals surface area (Å²) in [6, 6.07) is 7.01. The van der Waals surface area contributed by atoms with Crippen LogP contribution in [0.15, 0.2) is 24.3 Å². The number of carbonyl (C=O) groups is 2. The van der Waals surface area contributed by atoms with Gasteiger partial charge in [-0.05, 0) is 56.2 Å². The van der Waals surface area contributed by atoms with Gasteiger partial charge in [-0.2, -0.15) is 0 Å². The zero-order chi connectivity index (χ0) is 20.6. The summed E-state index contributed by atoms with van der Waals surface area (Å²) in [6.07, 6.45) is 0. The van der Waals surface area contributed by atoms with Crippen molar-refractivity contribution >= 4 is 39.1 Å². The number of fused-ring (bicyclic) bond motifs is 1. The first-order valence-electron chi connectivity index (χ1n) is 8.81. The fourth-order valence-electron chi connectivity index (χ4n) is 3.21. The maximum atomic E-state index is 13.0. The van der Waals surface area contributed by atoms with Gasteiger partial charge >= 0.3 is 0 Å². The molecule has 0 spiro atoms. The Morgan fingerprint density at radius 1 is 1.14 bits per heavy atom. The maximum Gasteiger partial charge on any atom is 0.266 e. The Morgan fingerprint density at radius 2 is 1.86 bits per heavy atom. The first-order chi connectivity index (χ1) is 13.2. The molecule has 0 saturated heterocycles. The molecule has 146 valence electrons. The summed E-state index contributed by atoms with van der Waals surface area (Å²) in [7, 11) is 4.89. The minimum absolute atomic E-state index is 0.147. The molecule has 0 unspecified atom stereocenters. The Hall–Kier alpha value is -2.93. The number of ether oxygens (including phenoxy) is 1. The molecule has 7 heteroatoms. The molecule has 2 amide bonds. The van der Waals surface area contributed by atoms with Gasteiger partial charge in [-0.1, -0.05) is 0 Å². The Balaban J connectivity index is 2.00. The molecule has 0 atom stereocenters. The van der Waals surface area contributed by atoms with E-state index in [2.05, 4.69) is 10.3 Å². The van der Waals surface area contributed by atoms with E-state index in [-0.39, 0.29) is 11.8 Å². The summed E-state index contributed by atoms with van der Waals surface area (Å²) < 4.78 is 5.35. The van der Waals surface area contributed by atoms with Crippen LogP contribution in [0.5, 0.6) is 5.75 Å². The standard InChI is InChI=1S/C21H23N3O3S/c1-11-9-12(2)22-20-17(11)13(3)18(28-20)19(25)23-15-10-14(21(26)24(4)5)7-8-16(15)27-6/h7-10H,1-6H3,(H,23,25). The van der Waals surface area contributed by atoms with Crippen LogP contribution >= 0.6 is 11.3 Å². The summed E-state index contributed by atoms with van der Waals surface area (Å²) in [5.41, 5.74) is 3.86. The van der Waals surface area contributed by atoms with Crippen LogP contribution in [0.3, 0.4) is 0 Å². The highest BCUT2D eigenvalue weighted by molar-refractivity contribution is 7.20. The highest BCUT2D eigenvalue weighted by Gasteiger charge is 2.20. The van der Waals surface area contributed by atoms with E-state index in [0.29, 0.717) is 21.9 Å². The van der Waals surface area contributed by atoms with Gasteiger partial charge in [-0.15, -0.1) is 11.3 Å². The number of nitrogens with one attached hydrogen (secondary N) is 1. The quantitative estimate of drug-likeness (QED) is 0.717. The monoisotopic (exact) mass is 397 g/mol. The van der Waals surface area contributed by atoms with E-state index in [1.54, 1.807) is 32.3 Å². The summed E-state index contributed by atoms with van der Waals surface area (Å²) in [5, 5.41) is 3.91. The SMILES string of the molecule is COc1ccc(C(=O)N(C)C)cc1NC(=O)c1sc2nc(C)cc(C)c2c1C. The number of aromatic nitrogens is 1. The van der Waals surface area contributed by atoms with Crippen molar-refractivity contribution in [1.82, 2.24) is 9.88 Å². The molecule has 1 N–H and O–H groups in total. The molecule has 0 aliphatic carbocycles. The lowest BCUT2D eigenvalue weighted by molar-refractivity contribution is 0.0827. The number of methoxy groups -OCH3 is 1. The number of aryl methyl sites for hydroxylation is 3. The Kier molecular flexibility index (Phi) is 5.38.